The van der Waals surface area contributed by atoms with Crippen molar-refractivity contribution in [2.24, 2.45) is 0 Å². The van der Waals surface area contributed by atoms with E-state index in [4.69, 9.17) is 9.72 Å². The maximum absolute atomic E-state index is 14.6. The van der Waals surface area contributed by atoms with Crippen LogP contribution in [-0.4, -0.2) is 17.9 Å². The minimum atomic E-state index is -0.303. The van der Waals surface area contributed by atoms with Gasteiger partial charge in [0.2, 0.25) is 0 Å². The lowest BCUT2D eigenvalue weighted by Gasteiger charge is -2.11. The van der Waals surface area contributed by atoms with E-state index in [0.717, 1.165) is 22.0 Å². The third kappa shape index (κ3) is 3.61. The van der Waals surface area contributed by atoms with Gasteiger partial charge in [-0.25, -0.2) is 9.37 Å². The lowest BCUT2D eigenvalue weighted by atomic mass is 9.98. The fourth-order valence-corrected chi connectivity index (χ4v) is 3.52. The van der Waals surface area contributed by atoms with Crippen LogP contribution in [0.5, 0.6) is 0 Å². The lowest BCUT2D eigenvalue weighted by Crippen LogP contribution is -1.98. The van der Waals surface area contributed by atoms with Gasteiger partial charge in [-0.05, 0) is 43.2 Å². The van der Waals surface area contributed by atoms with Gasteiger partial charge in [0.25, 0.3) is 0 Å². The highest BCUT2D eigenvalue weighted by atomic mass is 19.1. The number of halogens is 1. The van der Waals surface area contributed by atoms with Crippen LogP contribution in [0.15, 0.2) is 84.4 Å². The molecule has 1 aliphatic carbocycles. The molecule has 1 aliphatic rings. The molecule has 2 aromatic carbocycles. The number of carbonyl (C=O) groups is 1. The summed E-state index contributed by atoms with van der Waals surface area (Å²) in [6.45, 7) is 1.56. The smallest absolute Gasteiger partial charge is 0.160 e. The second kappa shape index (κ2) is 7.84. The fraction of sp³-hybridized carbons (Fsp3) is 0.120. The van der Waals surface area contributed by atoms with E-state index in [2.05, 4.69) is 0 Å². The Morgan fingerprint density at radius 3 is 2.52 bits per heavy atom. The number of para-hydroxylation sites is 1. The molecular formula is C25H20FNO2. The standard InChI is InChI=1S/C25H20FNO2/c1-16(28)20-15-23(27-22-9-5-3-7-19(20)22)17-11-13-18(14-12-17)25-21(26)8-4-6-10-24(25)29-2/h3,5-15H,4H2,1-2H3. The second-order valence-electron chi connectivity index (χ2n) is 6.84. The molecule has 4 rings (SSSR count). The minimum absolute atomic E-state index is 0.00573. The zero-order valence-corrected chi connectivity index (χ0v) is 16.3. The number of carbonyl (C=O) groups excluding carboxylic acids is 1. The van der Waals surface area contributed by atoms with Crippen LogP contribution < -0.4 is 0 Å². The molecule has 0 radical (unpaired) electrons. The lowest BCUT2D eigenvalue weighted by molar-refractivity contribution is 0.101. The Kier molecular flexibility index (Phi) is 5.09. The first kappa shape index (κ1) is 18.8. The number of pyridine rings is 1. The summed E-state index contributed by atoms with van der Waals surface area (Å²) in [6.07, 6.45) is 5.71. The van der Waals surface area contributed by atoms with Crippen molar-refractivity contribution >= 4 is 22.3 Å². The first-order chi connectivity index (χ1) is 14.1. The molecule has 0 N–H and O–H groups in total. The molecule has 4 heteroatoms. The van der Waals surface area contributed by atoms with E-state index in [9.17, 15) is 9.18 Å². The number of rotatable bonds is 4. The highest BCUT2D eigenvalue weighted by Gasteiger charge is 2.16. The molecule has 29 heavy (non-hydrogen) atoms. The van der Waals surface area contributed by atoms with Crippen LogP contribution in [0.25, 0.3) is 27.7 Å². The monoisotopic (exact) mass is 385 g/mol. The van der Waals surface area contributed by atoms with Gasteiger partial charge in [0.15, 0.2) is 5.78 Å². The van der Waals surface area contributed by atoms with Crippen molar-refractivity contribution in [3.8, 4) is 11.3 Å². The molecule has 0 atom stereocenters. The summed E-state index contributed by atoms with van der Waals surface area (Å²) >= 11 is 0. The summed E-state index contributed by atoms with van der Waals surface area (Å²) in [5, 5.41) is 0.840. The number of hydrogen-bond acceptors (Lipinski definition) is 3. The zero-order valence-electron chi connectivity index (χ0n) is 16.3. The number of fused-ring (bicyclic) bond motifs is 1. The summed E-state index contributed by atoms with van der Waals surface area (Å²) in [4.78, 5) is 16.8. The third-order valence-electron chi connectivity index (χ3n) is 4.97. The van der Waals surface area contributed by atoms with Crippen LogP contribution in [0.3, 0.4) is 0 Å². The fourth-order valence-electron chi connectivity index (χ4n) is 3.52. The minimum Gasteiger partial charge on any atom is -0.496 e. The van der Waals surface area contributed by atoms with Crippen LogP contribution in [-0.2, 0) is 4.74 Å². The first-order valence-electron chi connectivity index (χ1n) is 9.41. The molecule has 0 spiro atoms. The number of hydrogen-bond donors (Lipinski definition) is 0. The van der Waals surface area contributed by atoms with Gasteiger partial charge in [0.05, 0.1) is 23.9 Å². The molecule has 144 valence electrons. The van der Waals surface area contributed by atoms with Gasteiger partial charge in [-0.1, -0.05) is 48.5 Å². The van der Waals surface area contributed by atoms with E-state index < -0.39 is 0 Å². The van der Waals surface area contributed by atoms with E-state index in [1.807, 2.05) is 60.7 Å². The number of aromatic nitrogens is 1. The number of ketones is 1. The predicted octanol–water partition coefficient (Wildman–Crippen LogP) is 6.28. The Morgan fingerprint density at radius 2 is 1.79 bits per heavy atom. The molecule has 0 saturated heterocycles. The normalized spacial score (nSPS) is 14.0. The predicted molar refractivity (Wildman–Crippen MR) is 114 cm³/mol. The highest BCUT2D eigenvalue weighted by Crippen LogP contribution is 2.33. The average Bonchev–Trinajstić information content (AvgIpc) is 2.93. The summed E-state index contributed by atoms with van der Waals surface area (Å²) in [5.41, 5.74) is 4.13. The number of nitrogens with zero attached hydrogens (tertiary/aromatic N) is 1. The summed E-state index contributed by atoms with van der Waals surface area (Å²) in [7, 11) is 1.54. The van der Waals surface area contributed by atoms with Crippen LogP contribution >= 0.6 is 0 Å². The molecule has 0 bridgehead atoms. The average molecular weight is 385 g/mol. The van der Waals surface area contributed by atoms with Crippen LogP contribution in [0, 0.1) is 0 Å². The molecule has 3 nitrogen and oxygen atoms in total. The topological polar surface area (TPSA) is 39.2 Å². The molecule has 3 aromatic rings. The summed E-state index contributed by atoms with van der Waals surface area (Å²) in [5.74, 6) is 0.183. The number of benzene rings is 2. The van der Waals surface area contributed by atoms with Gasteiger partial charge in [-0.2, -0.15) is 0 Å². The molecule has 0 amide bonds. The summed E-state index contributed by atoms with van der Waals surface area (Å²) in [6, 6.07) is 16.9. The Balaban J connectivity index is 1.80. The molecule has 1 heterocycles. The van der Waals surface area contributed by atoms with Gasteiger partial charge in [-0.3, -0.25) is 4.79 Å². The summed E-state index contributed by atoms with van der Waals surface area (Å²) < 4.78 is 20.0. The highest BCUT2D eigenvalue weighted by molar-refractivity contribution is 6.07. The number of methoxy groups -OCH3 is 1. The van der Waals surface area contributed by atoms with E-state index >= 15 is 0 Å². The van der Waals surface area contributed by atoms with Crippen molar-refractivity contribution in [2.45, 2.75) is 13.3 Å². The third-order valence-corrected chi connectivity index (χ3v) is 4.97. The Bertz CT molecular complexity index is 1190. The Labute approximate surface area is 168 Å². The number of allylic oxidation sites excluding steroid dienone is 5. The SMILES string of the molecule is COC1=C(c2ccc(-c3cc(C(C)=O)c4ccccc4n3)cc2)C(F)=CCC=C1. The Hall–Kier alpha value is -3.53. The van der Waals surface area contributed by atoms with Crippen molar-refractivity contribution in [3.05, 3.63) is 95.5 Å². The molecular weight excluding hydrogens is 365 g/mol. The zero-order chi connectivity index (χ0) is 20.4. The first-order valence-corrected chi connectivity index (χ1v) is 9.41. The molecule has 0 saturated carbocycles. The van der Waals surface area contributed by atoms with Crippen LogP contribution in [0.2, 0.25) is 0 Å². The molecule has 1 aromatic heterocycles. The van der Waals surface area contributed by atoms with Crippen LogP contribution in [0.1, 0.15) is 29.3 Å². The van der Waals surface area contributed by atoms with Gasteiger partial charge in [0.1, 0.15) is 11.6 Å². The van der Waals surface area contributed by atoms with Gasteiger partial charge < -0.3 is 4.74 Å². The van der Waals surface area contributed by atoms with Gasteiger partial charge >= 0.3 is 0 Å². The molecule has 0 fully saturated rings. The van der Waals surface area contributed by atoms with Crippen molar-refractivity contribution < 1.29 is 13.9 Å². The number of Topliss-reactive ketones (excluding diaryl/α,β-unsaturated/α-hetero) is 1. The quantitative estimate of drug-likeness (QED) is 0.497. The van der Waals surface area contributed by atoms with Gasteiger partial charge in [0, 0.05) is 16.5 Å². The Morgan fingerprint density at radius 1 is 1.07 bits per heavy atom. The van der Waals surface area contributed by atoms with E-state index in [-0.39, 0.29) is 11.6 Å². The van der Waals surface area contributed by atoms with E-state index in [0.29, 0.717) is 29.0 Å². The molecule has 0 unspecified atom stereocenters. The second-order valence-corrected chi connectivity index (χ2v) is 6.84. The maximum atomic E-state index is 14.6. The van der Waals surface area contributed by atoms with Crippen molar-refractivity contribution in [1.82, 2.24) is 4.98 Å². The van der Waals surface area contributed by atoms with Crippen molar-refractivity contribution in [3.63, 3.8) is 0 Å². The van der Waals surface area contributed by atoms with E-state index in [1.165, 1.54) is 13.2 Å². The van der Waals surface area contributed by atoms with Crippen molar-refractivity contribution in [2.75, 3.05) is 7.11 Å². The van der Waals surface area contributed by atoms with E-state index in [1.54, 1.807) is 13.0 Å². The number of ether oxygens (including phenoxy) is 1. The van der Waals surface area contributed by atoms with Crippen LogP contribution in [0.4, 0.5) is 4.39 Å². The maximum Gasteiger partial charge on any atom is 0.160 e. The molecule has 0 aliphatic heterocycles. The van der Waals surface area contributed by atoms with Crippen molar-refractivity contribution in [1.29, 1.82) is 0 Å². The van der Waals surface area contributed by atoms with Gasteiger partial charge in [-0.15, -0.1) is 0 Å². The largest absolute Gasteiger partial charge is 0.496 e.